The summed E-state index contributed by atoms with van der Waals surface area (Å²) in [4.78, 5) is 21.5. The van der Waals surface area contributed by atoms with Gasteiger partial charge in [-0.25, -0.2) is 9.59 Å². The Balaban J connectivity index is 1.83. The van der Waals surface area contributed by atoms with Crippen LogP contribution in [0.15, 0.2) is 48.5 Å². The molecule has 0 radical (unpaired) electrons. The second-order valence-corrected chi connectivity index (χ2v) is 6.24. The monoisotopic (exact) mass is 372 g/mol. The summed E-state index contributed by atoms with van der Waals surface area (Å²) in [5.74, 6) is -0.832. The molecule has 2 N–H and O–H groups in total. The maximum Gasteiger partial charge on any atom is 0.344 e. The van der Waals surface area contributed by atoms with Crippen molar-refractivity contribution in [1.82, 2.24) is 0 Å². The predicted molar refractivity (Wildman–Crippen MR) is 100 cm³/mol. The van der Waals surface area contributed by atoms with Gasteiger partial charge < -0.3 is 19.7 Å². The number of rotatable bonds is 11. The number of ether oxygens (including phenoxy) is 2. The third-order valence-electron chi connectivity index (χ3n) is 4.04. The minimum atomic E-state index is -0.996. The standard InChI is InChI=1S/C21H24O6/c1-15(21(24)25)27-18-11-6-8-16(13-18)7-2-3-9-17-10-4-5-12-19(17)26-14-20(22)23/h4-6,8,10-13,15H,2-3,7,9,14H2,1H3,(H,22,23)(H,24,25). The van der Waals surface area contributed by atoms with Gasteiger partial charge in [0.1, 0.15) is 11.5 Å². The second-order valence-electron chi connectivity index (χ2n) is 6.24. The molecule has 27 heavy (non-hydrogen) atoms. The van der Waals surface area contributed by atoms with E-state index in [0.29, 0.717) is 11.5 Å². The van der Waals surface area contributed by atoms with Crippen LogP contribution in [0.1, 0.15) is 30.9 Å². The van der Waals surface area contributed by atoms with Gasteiger partial charge in [0.05, 0.1) is 0 Å². The second kappa shape index (κ2) is 10.2. The zero-order chi connectivity index (χ0) is 19.6. The Morgan fingerprint density at radius 2 is 1.74 bits per heavy atom. The molecule has 0 heterocycles. The van der Waals surface area contributed by atoms with Gasteiger partial charge in [0.25, 0.3) is 0 Å². The van der Waals surface area contributed by atoms with E-state index in [1.807, 2.05) is 36.4 Å². The van der Waals surface area contributed by atoms with Gasteiger partial charge in [-0.3, -0.25) is 0 Å². The van der Waals surface area contributed by atoms with E-state index in [0.717, 1.165) is 36.8 Å². The zero-order valence-electron chi connectivity index (χ0n) is 15.3. The Bertz CT molecular complexity index is 771. The molecule has 0 aromatic heterocycles. The lowest BCUT2D eigenvalue weighted by Gasteiger charge is -2.12. The lowest BCUT2D eigenvalue weighted by molar-refractivity contribution is -0.144. The van der Waals surface area contributed by atoms with Crippen molar-refractivity contribution in [2.45, 2.75) is 38.7 Å². The van der Waals surface area contributed by atoms with Gasteiger partial charge in [0.15, 0.2) is 12.7 Å². The fourth-order valence-electron chi connectivity index (χ4n) is 2.66. The SMILES string of the molecule is CC(Oc1cccc(CCCCc2ccccc2OCC(=O)O)c1)C(=O)O. The molecule has 0 saturated carbocycles. The van der Waals surface area contributed by atoms with Gasteiger partial charge >= 0.3 is 11.9 Å². The topological polar surface area (TPSA) is 93.1 Å². The first-order valence-corrected chi connectivity index (χ1v) is 8.86. The lowest BCUT2D eigenvalue weighted by atomic mass is 10.0. The third-order valence-corrected chi connectivity index (χ3v) is 4.04. The van der Waals surface area contributed by atoms with Crippen LogP contribution in [0, 0.1) is 0 Å². The van der Waals surface area contributed by atoms with Crippen molar-refractivity contribution in [2.75, 3.05) is 6.61 Å². The van der Waals surface area contributed by atoms with Crippen LogP contribution in [0.25, 0.3) is 0 Å². The number of hydrogen-bond acceptors (Lipinski definition) is 4. The number of carbonyl (C=O) groups is 2. The molecule has 1 atom stereocenters. The Hall–Kier alpha value is -3.02. The van der Waals surface area contributed by atoms with Crippen LogP contribution in [-0.4, -0.2) is 34.9 Å². The highest BCUT2D eigenvalue weighted by atomic mass is 16.5. The van der Waals surface area contributed by atoms with Gasteiger partial charge in [-0.1, -0.05) is 30.3 Å². The first-order valence-electron chi connectivity index (χ1n) is 8.86. The maximum atomic E-state index is 10.9. The van der Waals surface area contributed by atoms with E-state index < -0.39 is 18.0 Å². The number of carboxylic acids is 2. The van der Waals surface area contributed by atoms with Gasteiger partial charge in [0, 0.05) is 0 Å². The highest BCUT2D eigenvalue weighted by molar-refractivity contribution is 5.72. The molecule has 1 unspecified atom stereocenters. The Kier molecular flexibility index (Phi) is 7.67. The Morgan fingerprint density at radius 3 is 2.48 bits per heavy atom. The van der Waals surface area contributed by atoms with Crippen LogP contribution in [0.5, 0.6) is 11.5 Å². The highest BCUT2D eigenvalue weighted by Crippen LogP contribution is 2.21. The molecule has 144 valence electrons. The van der Waals surface area contributed by atoms with Crippen molar-refractivity contribution in [3.05, 3.63) is 59.7 Å². The number of unbranched alkanes of at least 4 members (excludes halogenated alkanes) is 1. The van der Waals surface area contributed by atoms with E-state index in [1.165, 1.54) is 6.92 Å². The molecule has 6 heteroatoms. The molecule has 0 aliphatic heterocycles. The van der Waals surface area contributed by atoms with Crippen molar-refractivity contribution in [1.29, 1.82) is 0 Å². The molecular weight excluding hydrogens is 348 g/mol. The van der Waals surface area contributed by atoms with Gasteiger partial charge in [-0.2, -0.15) is 0 Å². The fraction of sp³-hybridized carbons (Fsp3) is 0.333. The summed E-state index contributed by atoms with van der Waals surface area (Å²) in [6, 6.07) is 14.9. The number of benzene rings is 2. The summed E-state index contributed by atoms with van der Waals surface area (Å²) in [5.41, 5.74) is 2.08. The molecule has 0 fully saturated rings. The van der Waals surface area contributed by atoms with E-state index in [1.54, 1.807) is 12.1 Å². The molecule has 0 spiro atoms. The van der Waals surface area contributed by atoms with E-state index >= 15 is 0 Å². The van der Waals surface area contributed by atoms with Crippen molar-refractivity contribution < 1.29 is 29.3 Å². The van der Waals surface area contributed by atoms with Crippen LogP contribution in [0.3, 0.4) is 0 Å². The number of hydrogen-bond donors (Lipinski definition) is 2. The van der Waals surface area contributed by atoms with Crippen LogP contribution >= 0.6 is 0 Å². The van der Waals surface area contributed by atoms with Gasteiger partial charge in [-0.15, -0.1) is 0 Å². The summed E-state index contributed by atoms with van der Waals surface area (Å²) in [6.07, 6.45) is 2.61. The first-order chi connectivity index (χ1) is 13.0. The number of aliphatic carboxylic acids is 2. The summed E-state index contributed by atoms with van der Waals surface area (Å²) in [6.45, 7) is 1.15. The minimum absolute atomic E-state index is 0.349. The lowest BCUT2D eigenvalue weighted by Crippen LogP contribution is -2.22. The van der Waals surface area contributed by atoms with E-state index in [9.17, 15) is 9.59 Å². The largest absolute Gasteiger partial charge is 0.482 e. The third kappa shape index (κ3) is 7.01. The highest BCUT2D eigenvalue weighted by Gasteiger charge is 2.12. The van der Waals surface area contributed by atoms with Gasteiger partial charge in [0.2, 0.25) is 0 Å². The quantitative estimate of drug-likeness (QED) is 0.586. The predicted octanol–water partition coefficient (Wildman–Crippen LogP) is 3.57. The molecule has 0 bridgehead atoms. The fourth-order valence-corrected chi connectivity index (χ4v) is 2.66. The van der Waals surface area contributed by atoms with Crippen LogP contribution in [-0.2, 0) is 22.4 Å². The van der Waals surface area contributed by atoms with Crippen molar-refractivity contribution in [2.24, 2.45) is 0 Å². The zero-order valence-corrected chi connectivity index (χ0v) is 15.3. The Morgan fingerprint density at radius 1 is 1.00 bits per heavy atom. The van der Waals surface area contributed by atoms with Crippen molar-refractivity contribution in [3.63, 3.8) is 0 Å². The summed E-state index contributed by atoms with van der Waals surface area (Å²) >= 11 is 0. The smallest absolute Gasteiger partial charge is 0.344 e. The number of aryl methyl sites for hydroxylation is 2. The number of para-hydroxylation sites is 1. The normalized spacial score (nSPS) is 11.6. The van der Waals surface area contributed by atoms with E-state index in [4.69, 9.17) is 19.7 Å². The maximum absolute atomic E-state index is 10.9. The molecular formula is C21H24O6. The van der Waals surface area contributed by atoms with Crippen LogP contribution in [0.2, 0.25) is 0 Å². The summed E-state index contributed by atoms with van der Waals surface area (Å²) in [7, 11) is 0. The molecule has 0 saturated heterocycles. The summed E-state index contributed by atoms with van der Waals surface area (Å²) in [5, 5.41) is 17.7. The summed E-state index contributed by atoms with van der Waals surface area (Å²) < 4.78 is 10.7. The molecule has 2 rings (SSSR count). The molecule has 0 aliphatic rings. The first kappa shape index (κ1) is 20.3. The van der Waals surface area contributed by atoms with Crippen LogP contribution in [0.4, 0.5) is 0 Å². The van der Waals surface area contributed by atoms with Crippen LogP contribution < -0.4 is 9.47 Å². The van der Waals surface area contributed by atoms with Crippen molar-refractivity contribution >= 4 is 11.9 Å². The molecule has 0 amide bonds. The number of carboxylic acid groups (broad SMARTS) is 2. The van der Waals surface area contributed by atoms with E-state index in [-0.39, 0.29) is 6.61 Å². The molecule has 2 aromatic carbocycles. The minimum Gasteiger partial charge on any atom is -0.482 e. The average molecular weight is 372 g/mol. The molecule has 6 nitrogen and oxygen atoms in total. The van der Waals surface area contributed by atoms with E-state index in [2.05, 4.69) is 0 Å². The average Bonchev–Trinajstić information content (AvgIpc) is 2.64. The molecule has 0 aliphatic carbocycles. The van der Waals surface area contributed by atoms with Gasteiger partial charge in [-0.05, 0) is 61.9 Å². The van der Waals surface area contributed by atoms with Crippen molar-refractivity contribution in [3.8, 4) is 11.5 Å². The Labute approximate surface area is 158 Å². The molecule has 2 aromatic rings.